The molecule has 0 aromatic heterocycles. The Hall–Kier alpha value is -4.48. The predicted molar refractivity (Wildman–Crippen MR) is 150 cm³/mol. The van der Waals surface area contributed by atoms with Crippen LogP contribution in [-0.4, -0.2) is 67.4 Å². The van der Waals surface area contributed by atoms with Crippen molar-refractivity contribution in [2.75, 3.05) is 37.7 Å². The molecule has 0 bridgehead atoms. The Kier molecular flexibility index (Phi) is 8.69. The van der Waals surface area contributed by atoms with Gasteiger partial charge in [-0.05, 0) is 41.8 Å². The number of imide groups is 1. The molecule has 1 saturated heterocycles. The Balaban J connectivity index is 1.39. The van der Waals surface area contributed by atoms with E-state index in [1.807, 2.05) is 29.2 Å². The maximum atomic E-state index is 14.1. The van der Waals surface area contributed by atoms with E-state index in [-0.39, 0.29) is 18.5 Å². The van der Waals surface area contributed by atoms with Crippen LogP contribution >= 0.6 is 0 Å². The average molecular weight is 577 g/mol. The van der Waals surface area contributed by atoms with Crippen molar-refractivity contribution in [1.29, 1.82) is 0 Å². The van der Waals surface area contributed by atoms with Crippen molar-refractivity contribution in [1.82, 2.24) is 15.5 Å². The molecule has 3 aromatic rings. The van der Waals surface area contributed by atoms with E-state index in [1.54, 1.807) is 24.3 Å². The molecule has 1 fully saturated rings. The van der Waals surface area contributed by atoms with Gasteiger partial charge in [-0.2, -0.15) is 0 Å². The van der Waals surface area contributed by atoms with E-state index in [0.29, 0.717) is 54.7 Å². The van der Waals surface area contributed by atoms with Crippen molar-refractivity contribution in [3.63, 3.8) is 0 Å². The van der Waals surface area contributed by atoms with Gasteiger partial charge in [-0.1, -0.05) is 42.5 Å². The fourth-order valence-electron chi connectivity index (χ4n) is 5.21. The molecule has 218 valence electrons. The van der Waals surface area contributed by atoms with Gasteiger partial charge in [-0.15, -0.1) is 0 Å². The standard InChI is InChI=1S/C31H30F2N4O5/c1-19(34-27(38)16-20-14-21(32)17-22(33)15-20)30(40)35-29-25-8-3-2-6-23(25)24-7-4-5-9-26(24)37(31(29)41)28(39)18-36-10-12-42-13-11-36/h2-9,14-15,17,19,29H,10-13,16,18H2,1H3,(H,34,38)(H,35,40). The minimum atomic E-state index is -1.23. The molecule has 4 amide bonds. The third-order valence-electron chi connectivity index (χ3n) is 7.23. The molecule has 42 heavy (non-hydrogen) atoms. The van der Waals surface area contributed by atoms with Crippen molar-refractivity contribution in [3.8, 4) is 11.1 Å². The van der Waals surface area contributed by atoms with Crippen LogP contribution in [-0.2, 0) is 30.3 Å². The van der Waals surface area contributed by atoms with E-state index >= 15 is 0 Å². The minimum absolute atomic E-state index is 0.00637. The molecule has 2 heterocycles. The van der Waals surface area contributed by atoms with E-state index in [2.05, 4.69) is 10.6 Å². The van der Waals surface area contributed by atoms with Crippen molar-refractivity contribution < 1.29 is 32.7 Å². The number of rotatable bonds is 7. The Bertz CT molecular complexity index is 1500. The van der Waals surface area contributed by atoms with E-state index in [1.165, 1.54) is 6.92 Å². The maximum absolute atomic E-state index is 14.1. The Morgan fingerprint density at radius 2 is 1.60 bits per heavy atom. The summed E-state index contributed by atoms with van der Waals surface area (Å²) in [6.07, 6.45) is -0.351. The molecule has 2 N–H and O–H groups in total. The third kappa shape index (κ3) is 6.37. The Morgan fingerprint density at radius 3 is 2.31 bits per heavy atom. The molecule has 2 atom stereocenters. The quantitative estimate of drug-likeness (QED) is 0.448. The number of ether oxygens (including phenoxy) is 1. The summed E-state index contributed by atoms with van der Waals surface area (Å²) in [5.74, 6) is -4.01. The zero-order chi connectivity index (χ0) is 29.8. The Morgan fingerprint density at radius 1 is 0.952 bits per heavy atom. The lowest BCUT2D eigenvalue weighted by Gasteiger charge is -2.30. The highest BCUT2D eigenvalue weighted by Crippen LogP contribution is 2.40. The van der Waals surface area contributed by atoms with E-state index in [4.69, 9.17) is 4.74 Å². The summed E-state index contributed by atoms with van der Waals surface area (Å²) in [7, 11) is 0. The fraction of sp³-hybridized carbons (Fsp3) is 0.290. The number of benzene rings is 3. The number of anilines is 1. The number of nitrogens with one attached hydrogen (secondary N) is 2. The number of halogens is 2. The molecule has 5 rings (SSSR count). The first-order valence-electron chi connectivity index (χ1n) is 13.6. The van der Waals surface area contributed by atoms with Crippen molar-refractivity contribution in [3.05, 3.63) is 89.5 Å². The summed E-state index contributed by atoms with van der Waals surface area (Å²) in [6.45, 7) is 3.50. The number of morpholine rings is 1. The van der Waals surface area contributed by atoms with Gasteiger partial charge >= 0.3 is 0 Å². The van der Waals surface area contributed by atoms with Crippen molar-refractivity contribution in [2.45, 2.75) is 25.4 Å². The second-order valence-electron chi connectivity index (χ2n) is 10.2. The molecule has 0 saturated carbocycles. The summed E-state index contributed by atoms with van der Waals surface area (Å²) < 4.78 is 32.4. The number of para-hydroxylation sites is 1. The van der Waals surface area contributed by atoms with Gasteiger partial charge < -0.3 is 15.4 Å². The lowest BCUT2D eigenvalue weighted by Crippen LogP contribution is -2.52. The van der Waals surface area contributed by atoms with Crippen LogP contribution in [0.1, 0.15) is 24.1 Å². The molecular formula is C31H30F2N4O5. The number of carbonyl (C=O) groups is 4. The number of hydrogen-bond donors (Lipinski definition) is 2. The normalized spacial score (nSPS) is 17.5. The number of amides is 4. The highest BCUT2D eigenvalue weighted by molar-refractivity contribution is 6.21. The van der Waals surface area contributed by atoms with Crippen LogP contribution in [0.2, 0.25) is 0 Å². The summed E-state index contributed by atoms with van der Waals surface area (Å²) in [5, 5.41) is 5.23. The molecule has 9 nitrogen and oxygen atoms in total. The largest absolute Gasteiger partial charge is 0.379 e. The highest BCUT2D eigenvalue weighted by Gasteiger charge is 2.39. The minimum Gasteiger partial charge on any atom is -0.379 e. The second kappa shape index (κ2) is 12.6. The van der Waals surface area contributed by atoms with Crippen LogP contribution in [0.3, 0.4) is 0 Å². The maximum Gasteiger partial charge on any atom is 0.261 e. The molecular weight excluding hydrogens is 546 g/mol. The zero-order valence-corrected chi connectivity index (χ0v) is 22.9. The van der Waals surface area contributed by atoms with Crippen molar-refractivity contribution in [2.24, 2.45) is 0 Å². The Labute approximate surface area is 241 Å². The van der Waals surface area contributed by atoms with Gasteiger partial charge in [0.1, 0.15) is 23.7 Å². The third-order valence-corrected chi connectivity index (χ3v) is 7.23. The predicted octanol–water partition coefficient (Wildman–Crippen LogP) is 2.74. The summed E-state index contributed by atoms with van der Waals surface area (Å²) in [4.78, 5) is 56.7. The molecule has 11 heteroatoms. The van der Waals surface area contributed by atoms with Gasteiger partial charge in [0, 0.05) is 24.7 Å². The first kappa shape index (κ1) is 29.0. The van der Waals surface area contributed by atoms with E-state index in [0.717, 1.165) is 17.0 Å². The summed E-state index contributed by atoms with van der Waals surface area (Å²) in [5.41, 5.74) is 2.36. The molecule has 2 aliphatic heterocycles. The van der Waals surface area contributed by atoms with Crippen molar-refractivity contribution >= 4 is 29.3 Å². The van der Waals surface area contributed by atoms with Gasteiger partial charge in [0.15, 0.2) is 0 Å². The fourth-order valence-corrected chi connectivity index (χ4v) is 5.21. The number of hydrogen-bond acceptors (Lipinski definition) is 6. The van der Waals surface area contributed by atoms with E-state index < -0.39 is 47.3 Å². The van der Waals surface area contributed by atoms with Crippen LogP contribution < -0.4 is 15.5 Å². The zero-order valence-electron chi connectivity index (χ0n) is 22.9. The molecule has 0 aliphatic carbocycles. The lowest BCUT2D eigenvalue weighted by atomic mass is 9.95. The van der Waals surface area contributed by atoms with Gasteiger partial charge in [0.25, 0.3) is 5.91 Å². The lowest BCUT2D eigenvalue weighted by molar-refractivity contribution is -0.133. The van der Waals surface area contributed by atoms with Gasteiger partial charge in [0.2, 0.25) is 17.7 Å². The van der Waals surface area contributed by atoms with E-state index in [9.17, 15) is 28.0 Å². The smallest absolute Gasteiger partial charge is 0.261 e. The van der Waals surface area contributed by atoms with Crippen LogP contribution in [0.25, 0.3) is 11.1 Å². The van der Waals surface area contributed by atoms with Gasteiger partial charge in [-0.25, -0.2) is 13.7 Å². The summed E-state index contributed by atoms with van der Waals surface area (Å²) >= 11 is 0. The molecule has 2 aliphatic rings. The second-order valence-corrected chi connectivity index (χ2v) is 10.2. The average Bonchev–Trinajstić information content (AvgIpc) is 3.05. The van der Waals surface area contributed by atoms with Gasteiger partial charge in [-0.3, -0.25) is 24.1 Å². The van der Waals surface area contributed by atoms with Crippen LogP contribution in [0.4, 0.5) is 14.5 Å². The SMILES string of the molecule is CC(NC(=O)Cc1cc(F)cc(F)c1)C(=O)NC1C(=O)N(C(=O)CN2CCOCC2)c2ccccc2-c2ccccc21. The highest BCUT2D eigenvalue weighted by atomic mass is 19.1. The molecule has 2 unspecified atom stereocenters. The molecule has 3 aromatic carbocycles. The molecule has 0 spiro atoms. The first-order valence-corrected chi connectivity index (χ1v) is 13.6. The first-order chi connectivity index (χ1) is 20.2. The number of fused-ring (bicyclic) bond motifs is 3. The summed E-state index contributed by atoms with van der Waals surface area (Å²) in [6, 6.07) is 14.6. The van der Waals surface area contributed by atoms with Crippen LogP contribution in [0, 0.1) is 11.6 Å². The monoisotopic (exact) mass is 576 g/mol. The molecule has 0 radical (unpaired) electrons. The number of carbonyl (C=O) groups excluding carboxylic acids is 4. The van der Waals surface area contributed by atoms with Gasteiger partial charge in [0.05, 0.1) is 31.9 Å². The van der Waals surface area contributed by atoms with Crippen LogP contribution in [0.5, 0.6) is 0 Å². The topological polar surface area (TPSA) is 108 Å². The number of nitrogens with zero attached hydrogens (tertiary/aromatic N) is 2. The van der Waals surface area contributed by atoms with Crippen LogP contribution in [0.15, 0.2) is 66.7 Å².